The van der Waals surface area contributed by atoms with Crippen LogP contribution >= 0.6 is 0 Å². The molecule has 0 saturated carbocycles. The second-order valence-corrected chi connectivity index (χ2v) is 6.17. The lowest BCUT2D eigenvalue weighted by atomic mass is 9.51. The van der Waals surface area contributed by atoms with Gasteiger partial charge in [-0.25, -0.2) is 0 Å². The third-order valence-corrected chi connectivity index (χ3v) is 5.34. The monoisotopic (exact) mass is 215 g/mol. The van der Waals surface area contributed by atoms with E-state index in [1.165, 1.54) is 19.4 Å². The van der Waals surface area contributed by atoms with Crippen LogP contribution in [0.5, 0.6) is 0 Å². The summed E-state index contributed by atoms with van der Waals surface area (Å²) in [5.74, 6) is 0. The first-order valence-corrected chi connectivity index (χ1v) is 6.37. The molecule has 16 heavy (non-hydrogen) atoms. The Labute approximate surface area is 98.3 Å². The Hall–Kier alpha value is -0.820. The molecule has 0 aromatic heterocycles. The normalized spacial score (nSPS) is 35.6. The maximum atomic E-state index is 3.71. The molecule has 1 heterocycles. The minimum atomic E-state index is 0.345. The van der Waals surface area contributed by atoms with Gasteiger partial charge in [-0.15, -0.1) is 0 Å². The number of rotatable bonds is 0. The molecule has 1 saturated heterocycles. The fourth-order valence-electron chi connectivity index (χ4n) is 3.72. The lowest BCUT2D eigenvalue weighted by Gasteiger charge is -2.57. The molecule has 1 N–H and O–H groups in total. The molecule has 1 aromatic rings. The number of benzene rings is 1. The second kappa shape index (κ2) is 3.10. The van der Waals surface area contributed by atoms with Gasteiger partial charge in [0.2, 0.25) is 0 Å². The van der Waals surface area contributed by atoms with Gasteiger partial charge in [-0.05, 0) is 35.9 Å². The molecule has 1 aliphatic carbocycles. The van der Waals surface area contributed by atoms with E-state index in [0.717, 1.165) is 0 Å². The summed E-state index contributed by atoms with van der Waals surface area (Å²) in [6, 6.07) is 9.67. The number of hydrogen-bond donors (Lipinski definition) is 1. The summed E-state index contributed by atoms with van der Waals surface area (Å²) < 4.78 is 0. The molecule has 2 aliphatic rings. The maximum Gasteiger partial charge on any atom is 0.0167 e. The van der Waals surface area contributed by atoms with Crippen molar-refractivity contribution in [1.29, 1.82) is 0 Å². The average molecular weight is 215 g/mol. The molecule has 0 spiro atoms. The van der Waals surface area contributed by atoms with Gasteiger partial charge < -0.3 is 5.32 Å². The number of nitrogens with one attached hydrogen (secondary N) is 1. The molecule has 2 bridgehead atoms. The van der Waals surface area contributed by atoms with E-state index in [2.05, 4.69) is 50.4 Å². The van der Waals surface area contributed by atoms with E-state index in [1.807, 2.05) is 0 Å². The zero-order valence-electron chi connectivity index (χ0n) is 10.5. The van der Waals surface area contributed by atoms with E-state index in [4.69, 9.17) is 0 Å². The van der Waals surface area contributed by atoms with E-state index in [1.54, 1.807) is 11.1 Å². The van der Waals surface area contributed by atoms with Gasteiger partial charge in [-0.3, -0.25) is 0 Å². The fraction of sp³-hybridized carbons (Fsp3) is 0.600. The Morgan fingerprint density at radius 3 is 2.75 bits per heavy atom. The predicted octanol–water partition coefficient (Wildman–Crippen LogP) is 2.89. The van der Waals surface area contributed by atoms with Crippen LogP contribution in [0.3, 0.4) is 0 Å². The summed E-state index contributed by atoms with van der Waals surface area (Å²) in [4.78, 5) is 0. The van der Waals surface area contributed by atoms with Gasteiger partial charge in [0.25, 0.3) is 0 Å². The summed E-state index contributed by atoms with van der Waals surface area (Å²) in [5.41, 5.74) is 3.86. The summed E-state index contributed by atoms with van der Waals surface area (Å²) in [6.07, 6.45) is 2.45. The molecule has 2 unspecified atom stereocenters. The Morgan fingerprint density at radius 1 is 1.19 bits per heavy atom. The molecule has 1 fully saturated rings. The highest BCUT2D eigenvalue weighted by atomic mass is 15.0. The number of fused-ring (bicyclic) bond motifs is 4. The van der Waals surface area contributed by atoms with Gasteiger partial charge in [0.15, 0.2) is 0 Å². The van der Waals surface area contributed by atoms with Gasteiger partial charge in [-0.2, -0.15) is 0 Å². The van der Waals surface area contributed by atoms with Crippen molar-refractivity contribution in [3.8, 4) is 0 Å². The predicted molar refractivity (Wildman–Crippen MR) is 67.7 cm³/mol. The van der Waals surface area contributed by atoms with E-state index >= 15 is 0 Å². The first kappa shape index (κ1) is 10.3. The van der Waals surface area contributed by atoms with Gasteiger partial charge in [0.05, 0.1) is 0 Å². The standard InChI is InChI=1S/C15H21N/c1-14(2)13-10-11-6-4-5-7-12(11)15(14,3)8-9-16-13/h4-7,13,16H,8-10H2,1-3H3. The Balaban J connectivity index is 2.22. The van der Waals surface area contributed by atoms with Gasteiger partial charge in [-0.1, -0.05) is 45.0 Å². The summed E-state index contributed by atoms with van der Waals surface area (Å²) in [5, 5.41) is 3.71. The largest absolute Gasteiger partial charge is 0.313 e. The van der Waals surface area contributed by atoms with Crippen LogP contribution in [0.2, 0.25) is 0 Å². The Bertz CT molecular complexity index is 421. The van der Waals surface area contributed by atoms with Gasteiger partial charge in [0, 0.05) is 11.5 Å². The zero-order chi connectivity index (χ0) is 11.4. The van der Waals surface area contributed by atoms with Crippen molar-refractivity contribution in [1.82, 2.24) is 5.32 Å². The maximum absolute atomic E-state index is 3.71. The quantitative estimate of drug-likeness (QED) is 0.701. The van der Waals surface area contributed by atoms with Crippen LogP contribution in [0.1, 0.15) is 38.3 Å². The molecule has 1 aromatic carbocycles. The Morgan fingerprint density at radius 2 is 1.94 bits per heavy atom. The molecule has 1 aliphatic heterocycles. The minimum absolute atomic E-state index is 0.345. The topological polar surface area (TPSA) is 12.0 Å². The highest BCUT2D eigenvalue weighted by Crippen LogP contribution is 2.53. The van der Waals surface area contributed by atoms with Crippen molar-refractivity contribution in [2.45, 2.75) is 45.1 Å². The zero-order valence-corrected chi connectivity index (χ0v) is 10.5. The van der Waals surface area contributed by atoms with Crippen LogP contribution in [0.25, 0.3) is 0 Å². The first-order valence-electron chi connectivity index (χ1n) is 6.37. The van der Waals surface area contributed by atoms with Crippen molar-refractivity contribution in [3.63, 3.8) is 0 Å². The third-order valence-electron chi connectivity index (χ3n) is 5.34. The fourth-order valence-corrected chi connectivity index (χ4v) is 3.72. The van der Waals surface area contributed by atoms with E-state index in [0.29, 0.717) is 16.9 Å². The average Bonchev–Trinajstić information content (AvgIpc) is 2.23. The van der Waals surface area contributed by atoms with Crippen LogP contribution in [-0.2, 0) is 11.8 Å². The molecule has 0 amide bonds. The molecular formula is C15H21N. The minimum Gasteiger partial charge on any atom is -0.313 e. The van der Waals surface area contributed by atoms with Gasteiger partial charge >= 0.3 is 0 Å². The third kappa shape index (κ3) is 1.10. The summed E-state index contributed by atoms with van der Waals surface area (Å²) >= 11 is 0. The van der Waals surface area contributed by atoms with E-state index < -0.39 is 0 Å². The highest BCUT2D eigenvalue weighted by molar-refractivity contribution is 5.41. The lowest BCUT2D eigenvalue weighted by Crippen LogP contribution is -2.62. The van der Waals surface area contributed by atoms with Crippen molar-refractivity contribution >= 4 is 0 Å². The lowest BCUT2D eigenvalue weighted by molar-refractivity contribution is 0.0559. The molecule has 3 rings (SSSR count). The van der Waals surface area contributed by atoms with Crippen LogP contribution in [-0.4, -0.2) is 12.6 Å². The van der Waals surface area contributed by atoms with Gasteiger partial charge in [0.1, 0.15) is 0 Å². The summed E-state index contributed by atoms with van der Waals surface area (Å²) in [7, 11) is 0. The van der Waals surface area contributed by atoms with Crippen molar-refractivity contribution in [3.05, 3.63) is 35.4 Å². The van der Waals surface area contributed by atoms with Crippen molar-refractivity contribution in [2.24, 2.45) is 5.41 Å². The van der Waals surface area contributed by atoms with Crippen LogP contribution in [0, 0.1) is 5.41 Å². The summed E-state index contributed by atoms with van der Waals surface area (Å²) in [6.45, 7) is 8.48. The Kier molecular flexibility index (Phi) is 2.00. The first-order chi connectivity index (χ1) is 7.56. The van der Waals surface area contributed by atoms with Crippen LogP contribution in [0.4, 0.5) is 0 Å². The molecule has 2 atom stereocenters. The van der Waals surface area contributed by atoms with Crippen LogP contribution in [0.15, 0.2) is 24.3 Å². The van der Waals surface area contributed by atoms with E-state index in [-0.39, 0.29) is 0 Å². The molecular weight excluding hydrogens is 194 g/mol. The SMILES string of the molecule is CC12CCNC(Cc3ccccc31)C2(C)C. The number of hydrogen-bond acceptors (Lipinski definition) is 1. The van der Waals surface area contributed by atoms with Crippen molar-refractivity contribution < 1.29 is 0 Å². The van der Waals surface area contributed by atoms with E-state index in [9.17, 15) is 0 Å². The second-order valence-electron chi connectivity index (χ2n) is 6.17. The molecule has 1 nitrogen and oxygen atoms in total. The molecule has 1 heteroatoms. The van der Waals surface area contributed by atoms with Crippen molar-refractivity contribution in [2.75, 3.05) is 6.54 Å². The molecule has 0 radical (unpaired) electrons. The smallest absolute Gasteiger partial charge is 0.0167 e. The molecule has 86 valence electrons. The van der Waals surface area contributed by atoms with Crippen LogP contribution < -0.4 is 5.32 Å². The highest BCUT2D eigenvalue weighted by Gasteiger charge is 2.52. The number of piperidine rings is 1.